The molecule has 8 heteroatoms. The summed E-state index contributed by atoms with van der Waals surface area (Å²) < 4.78 is 5.40. The molecule has 160 valence electrons. The van der Waals surface area contributed by atoms with Crippen molar-refractivity contribution in [1.29, 1.82) is 0 Å². The minimum atomic E-state index is -0.522. The summed E-state index contributed by atoms with van der Waals surface area (Å²) in [7, 11) is 0. The van der Waals surface area contributed by atoms with Gasteiger partial charge in [0.2, 0.25) is 0 Å². The number of carbonyl (C=O) groups is 2. The fourth-order valence-corrected chi connectivity index (χ4v) is 3.75. The number of hydrogen-bond acceptors (Lipinski definition) is 5. The second kappa shape index (κ2) is 9.84. The van der Waals surface area contributed by atoms with Crippen LogP contribution in [-0.4, -0.2) is 58.7 Å². The maximum atomic E-state index is 12.6. The van der Waals surface area contributed by atoms with Crippen LogP contribution in [0.3, 0.4) is 0 Å². The normalized spacial score (nSPS) is 14.4. The second-order valence-electron chi connectivity index (χ2n) is 8.04. The van der Waals surface area contributed by atoms with Crippen LogP contribution >= 0.6 is 11.8 Å². The Kier molecular flexibility index (Phi) is 7.20. The number of piperazine rings is 1. The Bertz CT molecular complexity index is 862. The van der Waals surface area contributed by atoms with Crippen LogP contribution in [0.5, 0.6) is 0 Å². The van der Waals surface area contributed by atoms with Gasteiger partial charge in [-0.05, 0) is 50.6 Å². The van der Waals surface area contributed by atoms with Gasteiger partial charge in [-0.15, -0.1) is 11.8 Å². The van der Waals surface area contributed by atoms with Gasteiger partial charge in [0.25, 0.3) is 0 Å². The van der Waals surface area contributed by atoms with Gasteiger partial charge in [0.1, 0.15) is 5.60 Å². The van der Waals surface area contributed by atoms with Gasteiger partial charge in [-0.25, -0.2) is 14.6 Å². The Morgan fingerprint density at radius 1 is 1.07 bits per heavy atom. The highest BCUT2D eigenvalue weighted by molar-refractivity contribution is 7.98. The highest BCUT2D eigenvalue weighted by atomic mass is 32.2. The second-order valence-corrected chi connectivity index (χ2v) is 9.04. The van der Waals surface area contributed by atoms with Gasteiger partial charge in [0.05, 0.1) is 5.03 Å². The highest BCUT2D eigenvalue weighted by Crippen LogP contribution is 2.22. The van der Waals surface area contributed by atoms with E-state index < -0.39 is 5.60 Å². The number of thioether (sulfide) groups is 1. The van der Waals surface area contributed by atoms with Crippen molar-refractivity contribution in [1.82, 2.24) is 14.8 Å². The minimum Gasteiger partial charge on any atom is -0.444 e. The van der Waals surface area contributed by atoms with Gasteiger partial charge in [0.15, 0.2) is 0 Å². The molecule has 0 atom stereocenters. The van der Waals surface area contributed by atoms with E-state index >= 15 is 0 Å². The molecule has 0 aliphatic carbocycles. The van der Waals surface area contributed by atoms with E-state index in [4.69, 9.17) is 4.74 Å². The maximum Gasteiger partial charge on any atom is 0.410 e. The smallest absolute Gasteiger partial charge is 0.410 e. The van der Waals surface area contributed by atoms with Crippen molar-refractivity contribution < 1.29 is 14.3 Å². The van der Waals surface area contributed by atoms with Crippen LogP contribution in [0.1, 0.15) is 26.3 Å². The van der Waals surface area contributed by atoms with E-state index in [1.807, 2.05) is 63.2 Å². The summed E-state index contributed by atoms with van der Waals surface area (Å²) in [5, 5.41) is 3.93. The molecule has 0 bridgehead atoms. The molecule has 30 heavy (non-hydrogen) atoms. The van der Waals surface area contributed by atoms with Gasteiger partial charge < -0.3 is 19.9 Å². The molecule has 1 aromatic heterocycles. The molecular formula is C22H28N4O3S. The predicted octanol–water partition coefficient (Wildman–Crippen LogP) is 4.46. The quantitative estimate of drug-likeness (QED) is 0.728. The van der Waals surface area contributed by atoms with Crippen LogP contribution in [-0.2, 0) is 10.5 Å². The SMILES string of the molecule is CC(C)(C)OC(=O)N1CCN(C(=O)Nc2cccc(CSc3ccccn3)c2)CC1. The number of amides is 3. The third-order valence-electron chi connectivity index (χ3n) is 4.42. The molecule has 7 nitrogen and oxygen atoms in total. The van der Waals surface area contributed by atoms with E-state index in [9.17, 15) is 9.59 Å². The molecule has 1 N–H and O–H groups in total. The molecule has 2 aromatic rings. The third kappa shape index (κ3) is 6.66. The molecule has 3 amide bonds. The van der Waals surface area contributed by atoms with Crippen molar-refractivity contribution in [2.45, 2.75) is 37.2 Å². The number of nitrogens with zero attached hydrogens (tertiary/aromatic N) is 3. The summed E-state index contributed by atoms with van der Waals surface area (Å²) in [5.74, 6) is 0.773. The molecule has 1 aliphatic heterocycles. The van der Waals surface area contributed by atoms with Crippen molar-refractivity contribution >= 4 is 29.6 Å². The molecule has 1 aromatic carbocycles. The number of hydrogen-bond donors (Lipinski definition) is 1. The molecular weight excluding hydrogens is 400 g/mol. The molecule has 2 heterocycles. The molecule has 0 unspecified atom stereocenters. The fraction of sp³-hybridized carbons (Fsp3) is 0.409. The highest BCUT2D eigenvalue weighted by Gasteiger charge is 2.27. The zero-order valence-electron chi connectivity index (χ0n) is 17.6. The van der Waals surface area contributed by atoms with Crippen molar-refractivity contribution in [2.24, 2.45) is 0 Å². The van der Waals surface area contributed by atoms with Crippen molar-refractivity contribution in [2.75, 3.05) is 31.5 Å². The Balaban J connectivity index is 1.49. The number of urea groups is 1. The first-order valence-corrected chi connectivity index (χ1v) is 11.0. The molecule has 1 fully saturated rings. The Hall–Kier alpha value is -2.74. The Morgan fingerprint density at radius 2 is 1.80 bits per heavy atom. The number of benzene rings is 1. The summed E-state index contributed by atoms with van der Waals surface area (Å²) in [4.78, 5) is 32.5. The molecule has 0 spiro atoms. The standard InChI is InChI=1S/C22H28N4O3S/c1-22(2,3)29-21(28)26-13-11-25(12-14-26)20(27)24-18-8-6-7-17(15-18)16-30-19-9-4-5-10-23-19/h4-10,15H,11-14,16H2,1-3H3,(H,24,27). The van der Waals surface area contributed by atoms with Gasteiger partial charge in [0, 0.05) is 43.8 Å². The largest absolute Gasteiger partial charge is 0.444 e. The lowest BCUT2D eigenvalue weighted by Gasteiger charge is -2.35. The van der Waals surface area contributed by atoms with Crippen LogP contribution in [0.4, 0.5) is 15.3 Å². The fourth-order valence-electron chi connectivity index (χ4n) is 2.95. The van der Waals surface area contributed by atoms with Crippen molar-refractivity contribution in [3.05, 3.63) is 54.2 Å². The number of carbonyl (C=O) groups excluding carboxylic acids is 2. The van der Waals surface area contributed by atoms with E-state index in [0.29, 0.717) is 26.2 Å². The van der Waals surface area contributed by atoms with Crippen LogP contribution in [0.2, 0.25) is 0 Å². The number of rotatable bonds is 4. The van der Waals surface area contributed by atoms with Gasteiger partial charge >= 0.3 is 12.1 Å². The average Bonchev–Trinajstić information content (AvgIpc) is 2.72. The van der Waals surface area contributed by atoms with Gasteiger partial charge in [-0.3, -0.25) is 0 Å². The number of pyridine rings is 1. The number of aromatic nitrogens is 1. The number of anilines is 1. The molecule has 3 rings (SSSR count). The minimum absolute atomic E-state index is 0.159. The first kappa shape index (κ1) is 22.0. The summed E-state index contributed by atoms with van der Waals surface area (Å²) >= 11 is 1.65. The van der Waals surface area contributed by atoms with Crippen LogP contribution in [0.25, 0.3) is 0 Å². The number of ether oxygens (including phenoxy) is 1. The number of nitrogens with one attached hydrogen (secondary N) is 1. The lowest BCUT2D eigenvalue weighted by Crippen LogP contribution is -2.52. The molecule has 1 aliphatic rings. The van der Waals surface area contributed by atoms with E-state index in [2.05, 4.69) is 10.3 Å². The molecule has 0 saturated carbocycles. The van der Waals surface area contributed by atoms with E-state index in [1.54, 1.807) is 27.8 Å². The zero-order valence-corrected chi connectivity index (χ0v) is 18.4. The van der Waals surface area contributed by atoms with Gasteiger partial charge in [-0.2, -0.15) is 0 Å². The third-order valence-corrected chi connectivity index (χ3v) is 5.44. The first-order chi connectivity index (χ1) is 14.3. The molecule has 0 radical (unpaired) electrons. The Labute approximate surface area is 181 Å². The Morgan fingerprint density at radius 3 is 2.47 bits per heavy atom. The lowest BCUT2D eigenvalue weighted by atomic mass is 10.2. The van der Waals surface area contributed by atoms with Crippen molar-refractivity contribution in [3.8, 4) is 0 Å². The van der Waals surface area contributed by atoms with E-state index in [0.717, 1.165) is 22.0 Å². The maximum absolute atomic E-state index is 12.6. The van der Waals surface area contributed by atoms with E-state index in [1.165, 1.54) is 0 Å². The van der Waals surface area contributed by atoms with Crippen LogP contribution in [0.15, 0.2) is 53.7 Å². The monoisotopic (exact) mass is 428 g/mol. The van der Waals surface area contributed by atoms with Crippen LogP contribution < -0.4 is 5.32 Å². The lowest BCUT2D eigenvalue weighted by molar-refractivity contribution is 0.0174. The first-order valence-electron chi connectivity index (χ1n) is 9.97. The molecule has 1 saturated heterocycles. The summed E-state index contributed by atoms with van der Waals surface area (Å²) in [6, 6.07) is 13.5. The topological polar surface area (TPSA) is 74.8 Å². The van der Waals surface area contributed by atoms with Crippen LogP contribution in [0, 0.1) is 0 Å². The summed E-state index contributed by atoms with van der Waals surface area (Å²) in [6.45, 7) is 7.40. The van der Waals surface area contributed by atoms with Crippen molar-refractivity contribution in [3.63, 3.8) is 0 Å². The summed E-state index contributed by atoms with van der Waals surface area (Å²) in [6.07, 6.45) is 1.45. The predicted molar refractivity (Wildman–Crippen MR) is 119 cm³/mol. The summed E-state index contributed by atoms with van der Waals surface area (Å²) in [5.41, 5.74) is 1.35. The average molecular weight is 429 g/mol. The zero-order chi connectivity index (χ0) is 21.6. The van der Waals surface area contributed by atoms with Gasteiger partial charge in [-0.1, -0.05) is 18.2 Å². The van der Waals surface area contributed by atoms with E-state index in [-0.39, 0.29) is 12.1 Å².